The number of fused-ring (bicyclic) bond motifs is 1. The van der Waals surface area contributed by atoms with Crippen LogP contribution in [-0.4, -0.2) is 18.4 Å². The molecule has 0 N–H and O–H groups in total. The molecule has 0 spiro atoms. The van der Waals surface area contributed by atoms with E-state index < -0.39 is 0 Å². The first kappa shape index (κ1) is 5.35. The van der Waals surface area contributed by atoms with E-state index in [1.807, 2.05) is 0 Å². The van der Waals surface area contributed by atoms with Crippen molar-refractivity contribution in [3.8, 4) is 0 Å². The average Bonchev–Trinajstić information content (AvgIpc) is 2.42. The van der Waals surface area contributed by atoms with E-state index in [1.165, 1.54) is 5.57 Å². The Balaban J connectivity index is 2.26. The molecule has 0 aromatic rings. The first-order valence-corrected chi connectivity index (χ1v) is 3.73. The molecule has 2 nitrogen and oxygen atoms in total. The van der Waals surface area contributed by atoms with E-state index in [0.29, 0.717) is 12.6 Å². The highest BCUT2D eigenvalue weighted by molar-refractivity contribution is 6.17. The fraction of sp³-hybridized carbons (Fsp3) is 0.222. The van der Waals surface area contributed by atoms with Crippen LogP contribution in [0.15, 0.2) is 40.6 Å². The third kappa shape index (κ3) is 0.589. The molecule has 0 unspecified atom stereocenters. The van der Waals surface area contributed by atoms with Crippen molar-refractivity contribution in [3.05, 3.63) is 35.6 Å². The van der Waals surface area contributed by atoms with E-state index in [9.17, 15) is 0 Å². The topological polar surface area (TPSA) is 21.6 Å². The Kier molecular flexibility index (Phi) is 0.799. The Morgan fingerprint density at radius 2 is 2.55 bits per heavy atom. The monoisotopic (exact) mass is 145 g/mol. The zero-order valence-corrected chi connectivity index (χ0v) is 5.95. The lowest BCUT2D eigenvalue weighted by Crippen LogP contribution is -2.13. The molecule has 0 aromatic heterocycles. The molecule has 0 aromatic carbocycles. The van der Waals surface area contributed by atoms with Crippen molar-refractivity contribution in [1.29, 1.82) is 0 Å². The smallest absolute Gasteiger partial charge is 0.114 e. The molecule has 2 heteroatoms. The van der Waals surface area contributed by atoms with E-state index in [4.69, 9.17) is 4.74 Å². The minimum atomic E-state index is 0.291. The first-order valence-electron chi connectivity index (χ1n) is 3.73. The van der Waals surface area contributed by atoms with Crippen LogP contribution in [0.3, 0.4) is 0 Å². The number of ether oxygens (including phenoxy) is 1. The maximum absolute atomic E-state index is 5.25. The second-order valence-electron chi connectivity index (χ2n) is 2.90. The number of hydrogen-bond acceptors (Lipinski definition) is 2. The van der Waals surface area contributed by atoms with Gasteiger partial charge in [-0.2, -0.15) is 0 Å². The first-order chi connectivity index (χ1) is 5.43. The number of nitrogens with zero attached hydrogens (tertiary/aromatic N) is 1. The van der Waals surface area contributed by atoms with Gasteiger partial charge in [-0.3, -0.25) is 4.99 Å². The second kappa shape index (κ2) is 1.64. The molecular formula is C9H7NO. The second-order valence-corrected chi connectivity index (χ2v) is 2.90. The molecule has 0 aliphatic carbocycles. The third-order valence-electron chi connectivity index (χ3n) is 2.15. The molecule has 11 heavy (non-hydrogen) atoms. The van der Waals surface area contributed by atoms with E-state index in [1.54, 1.807) is 6.26 Å². The van der Waals surface area contributed by atoms with Crippen molar-refractivity contribution in [1.82, 2.24) is 0 Å². The minimum Gasteiger partial charge on any atom is -0.496 e. The summed E-state index contributed by atoms with van der Waals surface area (Å²) in [6, 6.07) is 0.291. The highest BCUT2D eigenvalue weighted by Gasteiger charge is 2.26. The molecular weight excluding hydrogens is 138 g/mol. The highest BCUT2D eigenvalue weighted by atomic mass is 16.5. The summed E-state index contributed by atoms with van der Waals surface area (Å²) in [5.74, 6) is 0. The van der Waals surface area contributed by atoms with Crippen LogP contribution in [0, 0.1) is 0 Å². The summed E-state index contributed by atoms with van der Waals surface area (Å²) in [5.41, 5.74) is 3.51. The van der Waals surface area contributed by atoms with Gasteiger partial charge < -0.3 is 4.74 Å². The van der Waals surface area contributed by atoms with Crippen LogP contribution < -0.4 is 0 Å². The Bertz CT molecular complexity index is 333. The summed E-state index contributed by atoms with van der Waals surface area (Å²) in [4.78, 5) is 4.47. The number of dihydropyridines is 1. The van der Waals surface area contributed by atoms with Gasteiger partial charge in [0.1, 0.15) is 6.61 Å². The molecule has 3 aliphatic rings. The van der Waals surface area contributed by atoms with Gasteiger partial charge in [-0.25, -0.2) is 0 Å². The van der Waals surface area contributed by atoms with Crippen LogP contribution in [0.4, 0.5) is 0 Å². The molecule has 3 rings (SSSR count). The van der Waals surface area contributed by atoms with Gasteiger partial charge in [-0.15, -0.1) is 0 Å². The summed E-state index contributed by atoms with van der Waals surface area (Å²) in [5, 5.41) is 0. The van der Waals surface area contributed by atoms with Crippen molar-refractivity contribution in [2.75, 3.05) is 6.61 Å². The van der Waals surface area contributed by atoms with Gasteiger partial charge in [-0.05, 0) is 6.08 Å². The molecule has 0 fully saturated rings. The van der Waals surface area contributed by atoms with E-state index in [0.717, 1.165) is 11.3 Å². The lowest BCUT2D eigenvalue weighted by molar-refractivity contribution is 0.279. The van der Waals surface area contributed by atoms with Gasteiger partial charge in [0.15, 0.2) is 0 Å². The summed E-state index contributed by atoms with van der Waals surface area (Å²) in [7, 11) is 0. The maximum Gasteiger partial charge on any atom is 0.114 e. The van der Waals surface area contributed by atoms with E-state index in [2.05, 4.69) is 23.2 Å². The predicted molar refractivity (Wildman–Crippen MR) is 42.5 cm³/mol. The predicted octanol–water partition coefficient (Wildman–Crippen LogP) is 1.22. The third-order valence-corrected chi connectivity index (χ3v) is 2.15. The van der Waals surface area contributed by atoms with Gasteiger partial charge in [-0.1, -0.05) is 12.2 Å². The fourth-order valence-electron chi connectivity index (χ4n) is 1.63. The highest BCUT2D eigenvalue weighted by Crippen LogP contribution is 2.27. The Hall–Kier alpha value is -1.31. The number of rotatable bonds is 0. The van der Waals surface area contributed by atoms with Crippen LogP contribution in [0.5, 0.6) is 0 Å². The molecule has 3 heterocycles. The van der Waals surface area contributed by atoms with Crippen LogP contribution in [-0.2, 0) is 4.74 Å². The van der Waals surface area contributed by atoms with Gasteiger partial charge in [0, 0.05) is 11.1 Å². The Morgan fingerprint density at radius 1 is 1.55 bits per heavy atom. The van der Waals surface area contributed by atoms with Crippen molar-refractivity contribution < 1.29 is 4.74 Å². The lowest BCUT2D eigenvalue weighted by atomic mass is 10.0. The summed E-state index contributed by atoms with van der Waals surface area (Å²) in [6.07, 6.45) is 8.12. The standard InChI is InChI=1S/C9H7NO/c1-2-8-3-7-5-11-4-6(1)9(7)10-8/h1-4,8H,5H2/t8-/m0/s1. The molecule has 0 saturated carbocycles. The van der Waals surface area contributed by atoms with Crippen LogP contribution in [0.2, 0.25) is 0 Å². The number of allylic oxidation sites excluding steroid dienone is 2. The van der Waals surface area contributed by atoms with Gasteiger partial charge >= 0.3 is 0 Å². The summed E-state index contributed by atoms with van der Waals surface area (Å²) < 4.78 is 5.25. The average molecular weight is 145 g/mol. The molecule has 0 radical (unpaired) electrons. The summed E-state index contributed by atoms with van der Waals surface area (Å²) in [6.45, 7) is 0.695. The van der Waals surface area contributed by atoms with Crippen LogP contribution in [0.1, 0.15) is 0 Å². The normalized spacial score (nSPS) is 30.5. The van der Waals surface area contributed by atoms with Crippen LogP contribution in [0.25, 0.3) is 0 Å². The SMILES string of the molecule is C1=C[C@H]2C=C3COC=C1C3=N2. The van der Waals surface area contributed by atoms with Crippen LogP contribution >= 0.6 is 0 Å². The number of hydrogen-bond donors (Lipinski definition) is 0. The molecule has 0 amide bonds. The van der Waals surface area contributed by atoms with Gasteiger partial charge in [0.2, 0.25) is 0 Å². The molecule has 2 bridgehead atoms. The van der Waals surface area contributed by atoms with Gasteiger partial charge in [0.25, 0.3) is 0 Å². The quantitative estimate of drug-likeness (QED) is 0.502. The fourth-order valence-corrected chi connectivity index (χ4v) is 1.63. The Morgan fingerprint density at radius 3 is 3.55 bits per heavy atom. The van der Waals surface area contributed by atoms with E-state index >= 15 is 0 Å². The van der Waals surface area contributed by atoms with Crippen molar-refractivity contribution in [3.63, 3.8) is 0 Å². The minimum absolute atomic E-state index is 0.291. The molecule has 3 aliphatic heterocycles. The molecule has 54 valence electrons. The maximum atomic E-state index is 5.25. The van der Waals surface area contributed by atoms with E-state index in [-0.39, 0.29) is 0 Å². The zero-order chi connectivity index (χ0) is 7.26. The number of aliphatic imine (C=N–C) groups is 1. The Labute approximate surface area is 64.6 Å². The van der Waals surface area contributed by atoms with Crippen molar-refractivity contribution in [2.45, 2.75) is 6.04 Å². The largest absolute Gasteiger partial charge is 0.496 e. The molecule has 0 saturated heterocycles. The molecule has 1 atom stereocenters. The summed E-state index contributed by atoms with van der Waals surface area (Å²) >= 11 is 0. The van der Waals surface area contributed by atoms with Crippen molar-refractivity contribution >= 4 is 5.71 Å². The van der Waals surface area contributed by atoms with Gasteiger partial charge in [0.05, 0.1) is 18.0 Å². The van der Waals surface area contributed by atoms with Crippen molar-refractivity contribution in [2.24, 2.45) is 4.99 Å². The lowest BCUT2D eigenvalue weighted by Gasteiger charge is -2.14. The zero-order valence-electron chi connectivity index (χ0n) is 5.95.